The fourth-order valence-corrected chi connectivity index (χ4v) is 2.35. The highest BCUT2D eigenvalue weighted by molar-refractivity contribution is 5.65. The summed E-state index contributed by atoms with van der Waals surface area (Å²) in [4.78, 5) is 12.3. The zero-order valence-electron chi connectivity index (χ0n) is 12.9. The van der Waals surface area contributed by atoms with Crippen molar-refractivity contribution in [2.45, 2.75) is 13.8 Å². The Morgan fingerprint density at radius 1 is 0.783 bits per heavy atom. The molecule has 0 aliphatic rings. The molecule has 0 bridgehead atoms. The van der Waals surface area contributed by atoms with Gasteiger partial charge in [0.2, 0.25) is 5.95 Å². The summed E-state index contributed by atoms with van der Waals surface area (Å²) in [7, 11) is 0. The van der Waals surface area contributed by atoms with E-state index in [1.54, 1.807) is 0 Å². The highest BCUT2D eigenvalue weighted by Crippen LogP contribution is 2.25. The summed E-state index contributed by atoms with van der Waals surface area (Å²) in [6.07, 6.45) is 0. The second-order valence-electron chi connectivity index (χ2n) is 5.17. The molecule has 3 rings (SSSR count). The number of benzene rings is 2. The van der Waals surface area contributed by atoms with E-state index in [0.717, 1.165) is 22.4 Å². The first-order valence-electron chi connectivity index (χ1n) is 7.22. The van der Waals surface area contributed by atoms with Crippen molar-refractivity contribution >= 4 is 11.6 Å². The average Bonchev–Trinajstić information content (AvgIpc) is 2.53. The molecule has 0 aliphatic carbocycles. The highest BCUT2D eigenvalue weighted by atomic mass is 16.3. The number of para-hydroxylation sites is 1. The van der Waals surface area contributed by atoms with Crippen LogP contribution in [-0.2, 0) is 0 Å². The number of hydrogen-bond donors (Lipinski definition) is 3. The highest BCUT2D eigenvalue weighted by Gasteiger charge is 2.12. The van der Waals surface area contributed by atoms with E-state index in [1.807, 2.05) is 62.4 Å². The Morgan fingerprint density at radius 2 is 1.48 bits per heavy atom. The third-order valence-corrected chi connectivity index (χ3v) is 3.42. The molecule has 0 saturated carbocycles. The predicted molar refractivity (Wildman–Crippen MR) is 90.1 cm³/mol. The van der Waals surface area contributed by atoms with E-state index in [4.69, 9.17) is 0 Å². The van der Waals surface area contributed by atoms with Gasteiger partial charge in [0.1, 0.15) is 0 Å². The van der Waals surface area contributed by atoms with Gasteiger partial charge in [-0.25, -0.2) is 0 Å². The molecular weight excluding hydrogens is 290 g/mol. The van der Waals surface area contributed by atoms with Gasteiger partial charge in [-0.2, -0.15) is 15.0 Å². The van der Waals surface area contributed by atoms with Gasteiger partial charge in [-0.15, -0.1) is 0 Å². The van der Waals surface area contributed by atoms with Crippen LogP contribution in [-0.4, -0.2) is 20.1 Å². The Morgan fingerprint density at radius 3 is 2.17 bits per heavy atom. The van der Waals surface area contributed by atoms with Crippen molar-refractivity contribution in [2.24, 2.45) is 0 Å². The maximum atomic E-state index is 9.80. The second-order valence-corrected chi connectivity index (χ2v) is 5.17. The Bertz CT molecular complexity index is 800. The van der Waals surface area contributed by atoms with Crippen molar-refractivity contribution < 1.29 is 5.11 Å². The molecular formula is C17H17N5O. The summed E-state index contributed by atoms with van der Waals surface area (Å²) in [5.74, 6) is 0.685. The molecule has 0 amide bonds. The maximum Gasteiger partial charge on any atom is 0.319 e. The Balaban J connectivity index is 1.90. The zero-order valence-corrected chi connectivity index (χ0v) is 12.9. The molecule has 0 atom stereocenters. The summed E-state index contributed by atoms with van der Waals surface area (Å²) in [6.45, 7) is 3.97. The molecule has 6 nitrogen and oxygen atoms in total. The molecule has 0 radical (unpaired) electrons. The lowest BCUT2D eigenvalue weighted by Gasteiger charge is -2.11. The first-order valence-corrected chi connectivity index (χ1v) is 7.22. The van der Waals surface area contributed by atoms with Crippen LogP contribution in [0.5, 0.6) is 6.01 Å². The lowest BCUT2D eigenvalue weighted by molar-refractivity contribution is 0.430. The lowest BCUT2D eigenvalue weighted by Crippen LogP contribution is -2.12. The van der Waals surface area contributed by atoms with E-state index in [1.165, 1.54) is 0 Å². The minimum absolute atomic E-state index is 0.249. The standard InChI is InChI=1S/C17H17N5O/c1-11-7-6-8-12(2)14(11)15-18-16(20-17(23)19-15)22-21-13-9-4-3-5-10-13/h3-10,21H,1-2H3,(H2,18,19,20,22,23). The van der Waals surface area contributed by atoms with Gasteiger partial charge in [0, 0.05) is 5.56 Å². The number of rotatable bonds is 4. The Kier molecular flexibility index (Phi) is 4.05. The van der Waals surface area contributed by atoms with Crippen LogP contribution in [0.2, 0.25) is 0 Å². The number of aryl methyl sites for hydroxylation is 2. The number of aromatic hydroxyl groups is 1. The molecule has 0 unspecified atom stereocenters. The smallest absolute Gasteiger partial charge is 0.319 e. The fourth-order valence-electron chi connectivity index (χ4n) is 2.35. The topological polar surface area (TPSA) is 83.0 Å². The molecule has 0 saturated heterocycles. The average molecular weight is 307 g/mol. The minimum atomic E-state index is -0.324. The molecule has 0 fully saturated rings. The van der Waals surface area contributed by atoms with Crippen molar-refractivity contribution in [3.63, 3.8) is 0 Å². The number of nitrogens with one attached hydrogen (secondary N) is 2. The lowest BCUT2D eigenvalue weighted by atomic mass is 10.0. The molecule has 6 heteroatoms. The normalized spacial score (nSPS) is 10.3. The molecule has 0 spiro atoms. The number of nitrogens with zero attached hydrogens (tertiary/aromatic N) is 3. The zero-order chi connectivity index (χ0) is 16.2. The number of hydrogen-bond acceptors (Lipinski definition) is 6. The Labute approximate surface area is 134 Å². The summed E-state index contributed by atoms with van der Waals surface area (Å²) >= 11 is 0. The van der Waals surface area contributed by atoms with E-state index in [0.29, 0.717) is 5.82 Å². The summed E-state index contributed by atoms with van der Waals surface area (Å²) < 4.78 is 0. The molecule has 3 N–H and O–H groups in total. The van der Waals surface area contributed by atoms with Gasteiger partial charge in [-0.05, 0) is 37.1 Å². The minimum Gasteiger partial charge on any atom is -0.479 e. The first kappa shape index (κ1) is 14.8. The summed E-state index contributed by atoms with van der Waals surface area (Å²) in [5.41, 5.74) is 9.70. The van der Waals surface area contributed by atoms with Crippen molar-refractivity contribution in [2.75, 3.05) is 10.9 Å². The van der Waals surface area contributed by atoms with Crippen molar-refractivity contribution in [1.29, 1.82) is 0 Å². The van der Waals surface area contributed by atoms with Gasteiger partial charge in [0.25, 0.3) is 0 Å². The van der Waals surface area contributed by atoms with Crippen molar-refractivity contribution in [3.05, 3.63) is 59.7 Å². The van der Waals surface area contributed by atoms with Crippen LogP contribution in [0.15, 0.2) is 48.5 Å². The van der Waals surface area contributed by atoms with Gasteiger partial charge in [-0.3, -0.25) is 10.9 Å². The van der Waals surface area contributed by atoms with Crippen LogP contribution in [0, 0.1) is 13.8 Å². The van der Waals surface area contributed by atoms with Crippen molar-refractivity contribution in [3.8, 4) is 17.4 Å². The van der Waals surface area contributed by atoms with E-state index in [-0.39, 0.29) is 12.0 Å². The van der Waals surface area contributed by atoms with Gasteiger partial charge in [0.05, 0.1) is 5.69 Å². The van der Waals surface area contributed by atoms with Gasteiger partial charge >= 0.3 is 6.01 Å². The monoisotopic (exact) mass is 307 g/mol. The van der Waals surface area contributed by atoms with E-state index >= 15 is 0 Å². The quantitative estimate of drug-likeness (QED) is 0.641. The number of aromatic nitrogens is 3. The third kappa shape index (κ3) is 3.37. The van der Waals surface area contributed by atoms with Gasteiger partial charge in [-0.1, -0.05) is 36.4 Å². The molecule has 2 aromatic carbocycles. The molecule has 1 aromatic heterocycles. The predicted octanol–water partition coefficient (Wildman–Crippen LogP) is 3.30. The van der Waals surface area contributed by atoms with Gasteiger partial charge in [0.15, 0.2) is 5.82 Å². The van der Waals surface area contributed by atoms with Gasteiger partial charge < -0.3 is 5.11 Å². The molecule has 1 heterocycles. The molecule has 0 aliphatic heterocycles. The van der Waals surface area contributed by atoms with Crippen LogP contribution in [0.25, 0.3) is 11.4 Å². The summed E-state index contributed by atoms with van der Waals surface area (Å²) in [6, 6.07) is 15.2. The number of hydrazine groups is 1. The number of anilines is 2. The van der Waals surface area contributed by atoms with Crippen molar-refractivity contribution in [1.82, 2.24) is 15.0 Å². The summed E-state index contributed by atoms with van der Waals surface area (Å²) in [5, 5.41) is 9.80. The van der Waals surface area contributed by atoms with E-state index in [2.05, 4.69) is 25.8 Å². The van der Waals surface area contributed by atoms with Crippen LogP contribution in [0.1, 0.15) is 11.1 Å². The maximum absolute atomic E-state index is 9.80. The van der Waals surface area contributed by atoms with Crippen LogP contribution < -0.4 is 10.9 Å². The Hall–Kier alpha value is -3.15. The van der Waals surface area contributed by atoms with E-state index in [9.17, 15) is 5.11 Å². The molecule has 23 heavy (non-hydrogen) atoms. The molecule has 116 valence electrons. The van der Waals surface area contributed by atoms with E-state index < -0.39 is 0 Å². The SMILES string of the molecule is Cc1cccc(C)c1-c1nc(O)nc(NNc2ccccc2)n1. The largest absolute Gasteiger partial charge is 0.479 e. The fraction of sp³-hybridized carbons (Fsp3) is 0.118. The van der Waals surface area contributed by atoms with Crippen LogP contribution in [0.3, 0.4) is 0 Å². The molecule has 3 aromatic rings. The first-order chi connectivity index (χ1) is 11.1. The second kappa shape index (κ2) is 6.31. The van der Waals surface area contributed by atoms with Crippen LogP contribution in [0.4, 0.5) is 11.6 Å². The third-order valence-electron chi connectivity index (χ3n) is 3.42. The van der Waals surface area contributed by atoms with Crippen LogP contribution >= 0.6 is 0 Å².